The summed E-state index contributed by atoms with van der Waals surface area (Å²) in [6, 6.07) is 0. The highest BCUT2D eigenvalue weighted by Gasteiger charge is 2.55. The van der Waals surface area contributed by atoms with Crippen molar-refractivity contribution < 1.29 is 40.5 Å². The first-order valence-corrected chi connectivity index (χ1v) is 4.70. The third kappa shape index (κ3) is 2.06. The van der Waals surface area contributed by atoms with Crippen molar-refractivity contribution >= 4 is 0 Å². The van der Waals surface area contributed by atoms with Gasteiger partial charge in [0.15, 0.2) is 11.9 Å². The third-order valence-electron chi connectivity index (χ3n) is 2.71. The Morgan fingerprint density at radius 2 is 1.75 bits per heavy atom. The summed E-state index contributed by atoms with van der Waals surface area (Å²) >= 11 is 0. The van der Waals surface area contributed by atoms with E-state index < -0.39 is 49.5 Å². The van der Waals surface area contributed by atoms with Gasteiger partial charge in [-0.3, -0.25) is 0 Å². The van der Waals surface area contributed by atoms with Crippen LogP contribution in [0.15, 0.2) is 0 Å². The predicted octanol–water partition coefficient (Wildman–Crippen LogP) is -4.50. The smallest absolute Gasteiger partial charge is 0.189 e. The van der Waals surface area contributed by atoms with E-state index in [4.69, 9.17) is 10.2 Å². The molecular weight excluding hydrogens is 224 g/mol. The van der Waals surface area contributed by atoms with Crippen molar-refractivity contribution in [2.45, 2.75) is 36.3 Å². The van der Waals surface area contributed by atoms with Crippen molar-refractivity contribution in [2.24, 2.45) is 0 Å². The highest BCUT2D eigenvalue weighted by molar-refractivity contribution is 5.01. The molecule has 0 amide bonds. The third-order valence-corrected chi connectivity index (χ3v) is 2.71. The van der Waals surface area contributed by atoms with Crippen LogP contribution in [0, 0.1) is 0 Å². The van der Waals surface area contributed by atoms with Crippen LogP contribution in [0.3, 0.4) is 0 Å². The Morgan fingerprint density at radius 3 is 2.19 bits per heavy atom. The van der Waals surface area contributed by atoms with Gasteiger partial charge in [-0.15, -0.1) is 0 Å². The molecule has 0 aliphatic carbocycles. The molecule has 96 valence electrons. The maximum Gasteiger partial charge on any atom is 0.189 e. The zero-order valence-corrected chi connectivity index (χ0v) is 8.34. The first-order chi connectivity index (χ1) is 7.38. The molecule has 1 unspecified atom stereocenters. The highest BCUT2D eigenvalue weighted by Crippen LogP contribution is 2.29. The van der Waals surface area contributed by atoms with Crippen LogP contribution in [-0.2, 0) is 4.74 Å². The molecule has 1 aliphatic heterocycles. The van der Waals surface area contributed by atoms with Crippen LogP contribution >= 0.6 is 0 Å². The van der Waals surface area contributed by atoms with Gasteiger partial charge in [-0.1, -0.05) is 0 Å². The summed E-state index contributed by atoms with van der Waals surface area (Å²) in [4.78, 5) is 0. The second kappa shape index (κ2) is 4.90. The van der Waals surface area contributed by atoms with Gasteiger partial charge in [-0.05, 0) is 0 Å². The minimum absolute atomic E-state index is 0.751. The summed E-state index contributed by atoms with van der Waals surface area (Å²) in [6.07, 6.45) is -8.62. The lowest BCUT2D eigenvalue weighted by molar-refractivity contribution is -0.344. The lowest BCUT2D eigenvalue weighted by Crippen LogP contribution is -2.69. The molecule has 1 heterocycles. The normalized spacial score (nSPS) is 46.7. The maximum atomic E-state index is 9.58. The summed E-state index contributed by atoms with van der Waals surface area (Å²) in [6.45, 7) is -1.78. The predicted molar refractivity (Wildman–Crippen MR) is 48.0 cm³/mol. The van der Waals surface area contributed by atoms with E-state index in [1.807, 2.05) is 0 Å². The molecule has 1 fully saturated rings. The van der Waals surface area contributed by atoms with E-state index >= 15 is 0 Å². The molecule has 0 aromatic rings. The van der Waals surface area contributed by atoms with Crippen LogP contribution in [0.5, 0.6) is 0 Å². The molecule has 7 N–H and O–H groups in total. The van der Waals surface area contributed by atoms with Crippen molar-refractivity contribution in [3.05, 3.63) is 0 Å². The second-order valence-corrected chi connectivity index (χ2v) is 3.79. The van der Waals surface area contributed by atoms with Gasteiger partial charge >= 0.3 is 0 Å². The van der Waals surface area contributed by atoms with Crippen LogP contribution in [0.2, 0.25) is 0 Å². The Kier molecular flexibility index (Phi) is 4.21. The van der Waals surface area contributed by atoms with Crippen LogP contribution in [0.1, 0.15) is 0 Å². The highest BCUT2D eigenvalue weighted by atomic mass is 16.6. The molecule has 0 spiro atoms. The molecule has 8 heteroatoms. The first kappa shape index (κ1) is 13.7. The summed E-state index contributed by atoms with van der Waals surface area (Å²) in [5, 5.41) is 64.6. The zero-order valence-electron chi connectivity index (χ0n) is 8.34. The second-order valence-electron chi connectivity index (χ2n) is 3.79. The number of aliphatic hydroxyl groups is 7. The maximum absolute atomic E-state index is 9.58. The van der Waals surface area contributed by atoms with Gasteiger partial charge in [-0.25, -0.2) is 0 Å². The molecule has 1 saturated heterocycles. The quantitative estimate of drug-likeness (QED) is 0.261. The number of hydrogen-bond donors (Lipinski definition) is 7. The van der Waals surface area contributed by atoms with Gasteiger partial charge in [0.2, 0.25) is 0 Å². The molecule has 0 radical (unpaired) electrons. The van der Waals surface area contributed by atoms with Gasteiger partial charge in [0, 0.05) is 0 Å². The fraction of sp³-hybridized carbons (Fsp3) is 1.00. The number of aliphatic hydroxyl groups excluding tert-OH is 6. The summed E-state index contributed by atoms with van der Waals surface area (Å²) in [7, 11) is 0. The van der Waals surface area contributed by atoms with Crippen molar-refractivity contribution in [1.82, 2.24) is 0 Å². The van der Waals surface area contributed by atoms with Crippen molar-refractivity contribution in [3.63, 3.8) is 0 Å². The monoisotopic (exact) mass is 240 g/mol. The van der Waals surface area contributed by atoms with Gasteiger partial charge < -0.3 is 40.5 Å². The fourth-order valence-electron chi connectivity index (χ4n) is 1.56. The average Bonchev–Trinajstić information content (AvgIpc) is 2.30. The van der Waals surface area contributed by atoms with Gasteiger partial charge in [0.05, 0.1) is 13.2 Å². The topological polar surface area (TPSA) is 151 Å². The van der Waals surface area contributed by atoms with Crippen LogP contribution in [0.4, 0.5) is 0 Å². The van der Waals surface area contributed by atoms with Gasteiger partial charge in [-0.2, -0.15) is 0 Å². The molecule has 8 nitrogen and oxygen atoms in total. The fourth-order valence-corrected chi connectivity index (χ4v) is 1.56. The van der Waals surface area contributed by atoms with Crippen molar-refractivity contribution in [1.29, 1.82) is 0 Å². The van der Waals surface area contributed by atoms with E-state index in [0.717, 1.165) is 0 Å². The van der Waals surface area contributed by atoms with Crippen molar-refractivity contribution in [2.75, 3.05) is 13.2 Å². The SMILES string of the molecule is OC[C@@H](O)[C@H]1OC(O)[C@@](O)(CO)[C@H](O)[C@H]1O. The van der Waals surface area contributed by atoms with Crippen molar-refractivity contribution in [3.8, 4) is 0 Å². The van der Waals surface area contributed by atoms with E-state index in [9.17, 15) is 25.5 Å². The minimum atomic E-state index is -2.43. The molecule has 1 aliphatic rings. The zero-order chi connectivity index (χ0) is 12.5. The number of rotatable bonds is 3. The Balaban J connectivity index is 2.87. The molecule has 0 bridgehead atoms. The molecule has 6 atom stereocenters. The van der Waals surface area contributed by atoms with Crippen LogP contribution < -0.4 is 0 Å². The number of hydrogen-bond acceptors (Lipinski definition) is 8. The standard InChI is InChI=1S/C8H16O8/c9-1-3(11)5-4(12)6(13)8(15,2-10)7(14)16-5/h3-7,9-15H,1-2H2/t3-,4+,5-,6-,7?,8-/m1/s1. The summed E-state index contributed by atoms with van der Waals surface area (Å²) < 4.78 is 4.65. The molecular formula is C8H16O8. The van der Waals surface area contributed by atoms with Crippen LogP contribution in [0.25, 0.3) is 0 Å². The Bertz CT molecular complexity index is 234. The van der Waals surface area contributed by atoms with Gasteiger partial charge in [0.1, 0.15) is 24.4 Å². The van der Waals surface area contributed by atoms with Crippen LogP contribution in [-0.4, -0.2) is 85.3 Å². The molecule has 1 rings (SSSR count). The van der Waals surface area contributed by atoms with E-state index in [1.165, 1.54) is 0 Å². The van der Waals surface area contributed by atoms with E-state index in [0.29, 0.717) is 0 Å². The molecule has 0 aromatic heterocycles. The summed E-state index contributed by atoms with van der Waals surface area (Å²) in [5.41, 5.74) is -2.43. The number of ether oxygens (including phenoxy) is 1. The Morgan fingerprint density at radius 1 is 1.19 bits per heavy atom. The minimum Gasteiger partial charge on any atom is -0.394 e. The molecule has 0 saturated carbocycles. The van der Waals surface area contributed by atoms with Gasteiger partial charge in [0.25, 0.3) is 0 Å². The molecule has 0 aromatic carbocycles. The summed E-state index contributed by atoms with van der Waals surface area (Å²) in [5.74, 6) is 0. The van der Waals surface area contributed by atoms with E-state index in [1.54, 1.807) is 0 Å². The average molecular weight is 240 g/mol. The first-order valence-electron chi connectivity index (χ1n) is 4.70. The lowest BCUT2D eigenvalue weighted by Gasteiger charge is -2.46. The Hall–Kier alpha value is -0.320. The van der Waals surface area contributed by atoms with E-state index in [2.05, 4.69) is 4.74 Å². The molecule has 16 heavy (non-hydrogen) atoms. The van der Waals surface area contributed by atoms with E-state index in [-0.39, 0.29) is 0 Å². The Labute approximate surface area is 91.0 Å². The lowest BCUT2D eigenvalue weighted by atomic mass is 9.85. The largest absolute Gasteiger partial charge is 0.394 e.